The zero-order chi connectivity index (χ0) is 16.9. The van der Waals surface area contributed by atoms with Crippen LogP contribution in [-0.4, -0.2) is 21.8 Å². The summed E-state index contributed by atoms with van der Waals surface area (Å²) in [5, 5.41) is 2.83. The number of nitrogens with one attached hydrogen (secondary N) is 1. The molecule has 2 aromatic rings. The Bertz CT molecular complexity index is 776. The summed E-state index contributed by atoms with van der Waals surface area (Å²) in [6, 6.07) is 16.0. The molecule has 3 nitrogen and oxygen atoms in total. The highest BCUT2D eigenvalue weighted by Crippen LogP contribution is 2.36. The first kappa shape index (κ1) is 17.5. The molecule has 0 aliphatic carbocycles. The number of nitrogens with zero attached hydrogens (tertiary/aromatic N) is 1. The van der Waals surface area contributed by atoms with Crippen molar-refractivity contribution in [1.29, 1.82) is 0 Å². The van der Waals surface area contributed by atoms with Gasteiger partial charge in [0.05, 0.1) is 16.6 Å². The van der Waals surface area contributed by atoms with E-state index in [1.807, 2.05) is 55.6 Å². The summed E-state index contributed by atoms with van der Waals surface area (Å²) in [4.78, 5) is 18.2. The standard InChI is InChI=1S/C18H18N2OS3/c1-12(17(21)19-15-9-5-6-10-16(15)22-2)24-18-20-14-8-4-3-7-13(14)11-23-18/h3-10,12H,11H2,1-2H3,(H,19,21). The van der Waals surface area contributed by atoms with Crippen LogP contribution < -0.4 is 5.32 Å². The third-order valence-electron chi connectivity index (χ3n) is 3.57. The summed E-state index contributed by atoms with van der Waals surface area (Å²) in [5.74, 6) is 0.912. The number of benzene rings is 2. The number of carbonyl (C=O) groups is 1. The van der Waals surface area contributed by atoms with Crippen molar-refractivity contribution in [3.8, 4) is 0 Å². The van der Waals surface area contributed by atoms with E-state index in [1.54, 1.807) is 23.5 Å². The van der Waals surface area contributed by atoms with Crippen LogP contribution in [0.3, 0.4) is 0 Å². The molecular formula is C18H18N2OS3. The van der Waals surface area contributed by atoms with Crippen molar-refractivity contribution < 1.29 is 4.79 Å². The average molecular weight is 375 g/mol. The molecule has 0 aromatic heterocycles. The second-order valence-corrected chi connectivity index (χ2v) is 8.64. The van der Waals surface area contributed by atoms with E-state index in [0.29, 0.717) is 0 Å². The average Bonchev–Trinajstić information content (AvgIpc) is 2.62. The van der Waals surface area contributed by atoms with Crippen molar-refractivity contribution in [3.63, 3.8) is 0 Å². The molecule has 0 radical (unpaired) electrons. The van der Waals surface area contributed by atoms with Gasteiger partial charge in [0, 0.05) is 10.6 Å². The minimum atomic E-state index is -0.198. The molecule has 3 rings (SSSR count). The van der Waals surface area contributed by atoms with E-state index in [9.17, 15) is 4.79 Å². The highest BCUT2D eigenvalue weighted by Gasteiger charge is 2.20. The molecule has 1 N–H and O–H groups in total. The molecule has 6 heteroatoms. The van der Waals surface area contributed by atoms with Crippen molar-refractivity contribution >= 4 is 56.9 Å². The summed E-state index contributed by atoms with van der Waals surface area (Å²) in [6.45, 7) is 1.92. The Labute approximate surface area is 155 Å². The molecule has 1 aliphatic rings. The largest absolute Gasteiger partial charge is 0.324 e. The lowest BCUT2D eigenvalue weighted by molar-refractivity contribution is -0.115. The normalized spacial score (nSPS) is 14.5. The highest BCUT2D eigenvalue weighted by molar-refractivity contribution is 8.39. The van der Waals surface area contributed by atoms with E-state index in [-0.39, 0.29) is 11.2 Å². The Hall–Kier alpha value is -1.37. The van der Waals surface area contributed by atoms with Crippen LogP contribution >= 0.6 is 35.3 Å². The number of hydrogen-bond donors (Lipinski definition) is 1. The second kappa shape index (κ2) is 8.14. The summed E-state index contributed by atoms with van der Waals surface area (Å²) in [7, 11) is 0. The zero-order valence-corrected chi connectivity index (χ0v) is 15.9. The zero-order valence-electron chi connectivity index (χ0n) is 13.5. The molecule has 24 heavy (non-hydrogen) atoms. The van der Waals surface area contributed by atoms with Crippen LogP contribution in [0.4, 0.5) is 11.4 Å². The van der Waals surface area contributed by atoms with Crippen molar-refractivity contribution in [1.82, 2.24) is 0 Å². The lowest BCUT2D eigenvalue weighted by atomic mass is 10.2. The third kappa shape index (κ3) is 4.18. The minimum Gasteiger partial charge on any atom is -0.324 e. The Morgan fingerprint density at radius 3 is 2.79 bits per heavy atom. The minimum absolute atomic E-state index is 0.00339. The van der Waals surface area contributed by atoms with Crippen LogP contribution in [0.25, 0.3) is 0 Å². The second-order valence-electron chi connectivity index (χ2n) is 5.24. The van der Waals surface area contributed by atoms with Crippen LogP contribution in [0.2, 0.25) is 0 Å². The molecular weight excluding hydrogens is 356 g/mol. The van der Waals surface area contributed by atoms with Crippen LogP contribution in [0.15, 0.2) is 58.4 Å². The maximum Gasteiger partial charge on any atom is 0.237 e. The number of para-hydroxylation sites is 2. The molecule has 1 amide bonds. The topological polar surface area (TPSA) is 41.5 Å². The smallest absolute Gasteiger partial charge is 0.237 e. The van der Waals surface area contributed by atoms with Gasteiger partial charge >= 0.3 is 0 Å². The van der Waals surface area contributed by atoms with E-state index in [1.165, 1.54) is 17.3 Å². The van der Waals surface area contributed by atoms with Crippen molar-refractivity contribution in [2.24, 2.45) is 4.99 Å². The summed E-state index contributed by atoms with van der Waals surface area (Å²) < 4.78 is 0.953. The van der Waals surface area contributed by atoms with Crippen LogP contribution in [0.1, 0.15) is 12.5 Å². The number of amides is 1. The first-order valence-electron chi connectivity index (χ1n) is 7.57. The summed E-state index contributed by atoms with van der Waals surface area (Å²) in [6.07, 6.45) is 2.01. The van der Waals surface area contributed by atoms with Crippen molar-refractivity contribution in [2.45, 2.75) is 22.8 Å². The van der Waals surface area contributed by atoms with E-state index in [2.05, 4.69) is 16.4 Å². The molecule has 2 aromatic carbocycles. The first-order valence-corrected chi connectivity index (χ1v) is 10.7. The predicted octanol–water partition coefficient (Wildman–Crippen LogP) is 5.40. The number of rotatable bonds is 4. The van der Waals surface area contributed by atoms with Crippen molar-refractivity contribution in [2.75, 3.05) is 11.6 Å². The third-order valence-corrected chi connectivity index (χ3v) is 6.66. The van der Waals surface area contributed by atoms with Gasteiger partial charge in [-0.3, -0.25) is 4.79 Å². The van der Waals surface area contributed by atoms with Gasteiger partial charge in [0.25, 0.3) is 0 Å². The molecule has 0 saturated heterocycles. The van der Waals surface area contributed by atoms with Gasteiger partial charge in [0.2, 0.25) is 5.91 Å². The number of aliphatic imine (C=N–C) groups is 1. The number of fused-ring (bicyclic) bond motifs is 1. The SMILES string of the molecule is CSc1ccccc1NC(=O)C(C)SC1=Nc2ccccc2CS1. The number of thioether (sulfide) groups is 3. The Morgan fingerprint density at radius 2 is 1.96 bits per heavy atom. The fourth-order valence-corrected chi connectivity index (χ4v) is 5.00. The summed E-state index contributed by atoms with van der Waals surface area (Å²) >= 11 is 4.84. The van der Waals surface area contributed by atoms with Gasteiger partial charge in [-0.1, -0.05) is 53.9 Å². The van der Waals surface area contributed by atoms with E-state index in [0.717, 1.165) is 26.4 Å². The fraction of sp³-hybridized carbons (Fsp3) is 0.222. The van der Waals surface area contributed by atoms with Gasteiger partial charge in [-0.15, -0.1) is 11.8 Å². The van der Waals surface area contributed by atoms with Gasteiger partial charge in [-0.2, -0.15) is 0 Å². The maximum absolute atomic E-state index is 12.5. The quantitative estimate of drug-likeness (QED) is 0.727. The lowest BCUT2D eigenvalue weighted by Crippen LogP contribution is -2.23. The van der Waals surface area contributed by atoms with Gasteiger partial charge < -0.3 is 5.32 Å². The molecule has 1 atom stereocenters. The van der Waals surface area contributed by atoms with Crippen molar-refractivity contribution in [3.05, 3.63) is 54.1 Å². The first-order chi connectivity index (χ1) is 11.7. The molecule has 0 bridgehead atoms. The molecule has 1 aliphatic heterocycles. The van der Waals surface area contributed by atoms with E-state index < -0.39 is 0 Å². The van der Waals surface area contributed by atoms with Crippen LogP contribution in [0.5, 0.6) is 0 Å². The Morgan fingerprint density at radius 1 is 1.21 bits per heavy atom. The summed E-state index contributed by atoms with van der Waals surface area (Å²) in [5.41, 5.74) is 3.13. The Balaban J connectivity index is 1.66. The Kier molecular flexibility index (Phi) is 5.92. The maximum atomic E-state index is 12.5. The molecule has 0 spiro atoms. The number of carbonyl (C=O) groups excluding carboxylic acids is 1. The fourth-order valence-electron chi connectivity index (χ4n) is 2.26. The number of hydrogen-bond acceptors (Lipinski definition) is 5. The molecule has 1 heterocycles. The molecule has 0 fully saturated rings. The van der Waals surface area contributed by atoms with Gasteiger partial charge in [0.15, 0.2) is 0 Å². The number of anilines is 1. The molecule has 0 saturated carbocycles. The van der Waals surface area contributed by atoms with E-state index >= 15 is 0 Å². The highest BCUT2D eigenvalue weighted by atomic mass is 32.2. The van der Waals surface area contributed by atoms with Crippen LogP contribution in [0, 0.1) is 0 Å². The van der Waals surface area contributed by atoms with Gasteiger partial charge in [0.1, 0.15) is 4.38 Å². The van der Waals surface area contributed by atoms with Gasteiger partial charge in [-0.25, -0.2) is 4.99 Å². The predicted molar refractivity (Wildman–Crippen MR) is 109 cm³/mol. The molecule has 1 unspecified atom stereocenters. The molecule has 124 valence electrons. The van der Waals surface area contributed by atoms with Crippen LogP contribution in [-0.2, 0) is 10.5 Å². The lowest BCUT2D eigenvalue weighted by Gasteiger charge is -2.17. The monoisotopic (exact) mass is 374 g/mol. The van der Waals surface area contributed by atoms with E-state index in [4.69, 9.17) is 0 Å². The van der Waals surface area contributed by atoms with Gasteiger partial charge in [-0.05, 0) is 36.9 Å².